The summed E-state index contributed by atoms with van der Waals surface area (Å²) in [6.45, 7) is 15.6. The summed E-state index contributed by atoms with van der Waals surface area (Å²) in [5.41, 5.74) is 3.89. The highest BCUT2D eigenvalue weighted by Crippen LogP contribution is 2.43. The fourth-order valence-electron chi connectivity index (χ4n) is 14.0. The van der Waals surface area contributed by atoms with Crippen molar-refractivity contribution in [3.8, 4) is 11.5 Å². The van der Waals surface area contributed by atoms with Crippen LogP contribution in [0.2, 0.25) is 0 Å². The molecule has 11 N–H and O–H groups in total. The van der Waals surface area contributed by atoms with Gasteiger partial charge in [0.2, 0.25) is 22.7 Å². The van der Waals surface area contributed by atoms with Crippen LogP contribution in [-0.4, -0.2) is 170 Å². The molecule has 106 heavy (non-hydrogen) atoms. The first-order valence-electron chi connectivity index (χ1n) is 35.8. The molecule has 8 amide bonds. The number of piperidine rings is 1. The van der Waals surface area contributed by atoms with E-state index in [1.165, 1.54) is 69.4 Å². The zero-order valence-corrected chi connectivity index (χ0v) is 61.6. The second-order valence-corrected chi connectivity index (χ2v) is 28.6. The van der Waals surface area contributed by atoms with Crippen molar-refractivity contribution < 1.29 is 87.3 Å². The highest BCUT2D eigenvalue weighted by molar-refractivity contribution is 6.17. The number of aromatic nitrogens is 1. The molecule has 29 heteroatoms. The molecule has 4 aliphatic heterocycles. The molecule has 5 heterocycles. The third-order valence-corrected chi connectivity index (χ3v) is 20.8. The number of phenols is 1. The van der Waals surface area contributed by atoms with Gasteiger partial charge in [0.1, 0.15) is 29.3 Å². The van der Waals surface area contributed by atoms with Crippen LogP contribution >= 0.6 is 0 Å². The Kier molecular flexibility index (Phi) is 25.9. The number of urea groups is 1. The van der Waals surface area contributed by atoms with Gasteiger partial charge in [0.05, 0.1) is 47.3 Å². The number of nitrogens with zero attached hydrogens (tertiary/aromatic N) is 4. The number of ketones is 1. The van der Waals surface area contributed by atoms with Crippen LogP contribution in [-0.2, 0) is 49.6 Å². The molecule has 1 aromatic heterocycles. The number of methoxy groups -OCH3 is 1. The maximum Gasteiger partial charge on any atom is 0.410 e. The van der Waals surface area contributed by atoms with Gasteiger partial charge in [-0.05, 0) is 82.1 Å². The number of fused-ring (bicyclic) bond motifs is 2. The Morgan fingerprint density at radius 3 is 2.19 bits per heavy atom. The van der Waals surface area contributed by atoms with E-state index in [9.17, 15) is 68.7 Å². The predicted molar refractivity (Wildman–Crippen MR) is 395 cm³/mol. The van der Waals surface area contributed by atoms with Crippen LogP contribution < -0.4 is 52.7 Å². The monoisotopic (exact) mass is 1470 g/mol. The minimum absolute atomic E-state index is 0.00538. The quantitative estimate of drug-likeness (QED) is 0.0147. The number of carbonyl (C=O) groups is 8. The van der Waals surface area contributed by atoms with Crippen molar-refractivity contribution in [2.24, 2.45) is 41.2 Å². The lowest BCUT2D eigenvalue weighted by molar-refractivity contribution is -0.137. The Morgan fingerprint density at radius 2 is 1.53 bits per heavy atom. The Hall–Kier alpha value is -10.2. The first kappa shape index (κ1) is 79.9. The summed E-state index contributed by atoms with van der Waals surface area (Å²) >= 11 is 0. The standard InChI is InChI=1S/C77H97N9O20/c1-39(2)61(81-55(89)20-13-12-14-31-86-56(90)25-26-57(86)91)51(87)35-47(19-16-30-79-75(78)100)74(99)80-48-23-21-46(22-24-48)38-103-76(101)84(10)49-27-32-85(33-28-49)50-36-52(88)62-54(37-50)105-71-63(82-62)58-59-68(95)45(8)70-60(58)72(97)77(9,106-70)104-34-29-53(102-11)42(5)66(93)44(7)67(94)43(6)65(92)40(3)17-15-18-41(4)73(98)83-64(71)69(59)96/h15,17-18,21-26,29,34,36-37,39-40,42-44,47,49,53,61,65-67,92-95,97H,12-14,16,19-20,27-28,30-33,35,38H2,1-11H3,(H,80,99)(H,81,89)(H,83,98)(H3,78,79,100)/b17-15+,34-29+,41-18-/t40-,42+,43+,44-,47+,53-,61-,65-,66+,67+,77-/m0/s1. The molecular weight excluding hydrogens is 1370 g/mol. The van der Waals surface area contributed by atoms with E-state index in [0.717, 1.165) is 4.90 Å². The number of Topliss-reactive ketones (excluding diaryl/α,β-unsaturated/α-hetero) is 1. The van der Waals surface area contributed by atoms with Gasteiger partial charge in [0.25, 0.3) is 17.7 Å². The number of allylic oxidation sites excluding steroid dienone is 2. The Balaban J connectivity index is 0.890. The average molecular weight is 1470 g/mol. The number of aliphatic hydroxyl groups is 4. The zero-order valence-electron chi connectivity index (χ0n) is 61.6. The second-order valence-electron chi connectivity index (χ2n) is 28.6. The molecule has 5 aromatic rings. The van der Waals surface area contributed by atoms with Crippen molar-refractivity contribution in [1.82, 2.24) is 25.4 Å². The van der Waals surface area contributed by atoms with Gasteiger partial charge >= 0.3 is 17.9 Å². The molecule has 1 saturated heterocycles. The molecule has 570 valence electrons. The number of nitrogens with one attached hydrogen (secondary N) is 4. The van der Waals surface area contributed by atoms with Crippen LogP contribution in [0.15, 0.2) is 98.7 Å². The molecule has 0 unspecified atom stereocenters. The normalized spacial score (nSPS) is 24.2. The van der Waals surface area contributed by atoms with Gasteiger partial charge in [-0.1, -0.05) is 78.3 Å². The third kappa shape index (κ3) is 17.8. The number of aromatic hydroxyl groups is 1. The SMILES string of the molecule is CO[C@H]1/C=C/O[C@@]2(C)Oc3c(C)c(O)c4c(=O)c(c5oc6cc(N7CCC(N(C)C(=O)OCc8ccc(NC(=O)[C@H](CCCNC(N)=O)CC(=O)[C@@H](NC(=O)CCCCCN9C(=O)C=CC9=O)C(C)C)cc8)CC7)cc(=O)c6nc5c4c3=C2O)NC(=O)/C(C)=C\C=C\[C@H](C)[C@H](O)[C@@H](C)[C@@H](O)[C@@H](C)[C@H](O)[C@@H]1C. The lowest BCUT2D eigenvalue weighted by atomic mass is 9.78. The number of amides is 8. The first-order chi connectivity index (χ1) is 50.2. The number of rotatable bonds is 22. The smallest absolute Gasteiger partial charge is 0.410 e. The first-order valence-corrected chi connectivity index (χ1v) is 35.8. The molecule has 4 aliphatic rings. The molecule has 4 aromatic carbocycles. The molecular formula is C77H97N9O20. The van der Waals surface area contributed by atoms with E-state index < -0.39 is 123 Å². The lowest BCUT2D eigenvalue weighted by Crippen LogP contribution is -2.46. The van der Waals surface area contributed by atoms with E-state index in [1.807, 2.05) is 4.90 Å². The number of ether oxygens (including phenoxy) is 4. The number of unbranched alkanes of at least 4 members (excludes halogenated alkanes) is 2. The number of nitrogens with two attached hydrogens (primary N) is 1. The third-order valence-electron chi connectivity index (χ3n) is 20.8. The number of hydrogen-bond acceptors (Lipinski definition) is 22. The van der Waals surface area contributed by atoms with Crippen molar-refractivity contribution >= 4 is 103 Å². The molecule has 1 fully saturated rings. The topological polar surface area (TPSA) is 419 Å². The lowest BCUT2D eigenvalue weighted by Gasteiger charge is -2.37. The Morgan fingerprint density at radius 1 is 0.858 bits per heavy atom. The molecule has 29 nitrogen and oxygen atoms in total. The van der Waals surface area contributed by atoms with E-state index in [-0.39, 0.29) is 124 Å². The van der Waals surface area contributed by atoms with Gasteiger partial charge in [-0.15, -0.1) is 0 Å². The Bertz CT molecular complexity index is 4490. The summed E-state index contributed by atoms with van der Waals surface area (Å²) in [7, 11) is 3.04. The predicted octanol–water partition coefficient (Wildman–Crippen LogP) is 6.82. The summed E-state index contributed by atoms with van der Waals surface area (Å²) in [6, 6.07) is 7.58. The number of primary amides is 1. The summed E-state index contributed by atoms with van der Waals surface area (Å²) in [5.74, 6) is -9.90. The minimum Gasteiger partial charge on any atom is -0.507 e. The summed E-state index contributed by atoms with van der Waals surface area (Å²) < 4.78 is 30.5. The molecule has 9 rings (SSSR count). The van der Waals surface area contributed by atoms with Crippen molar-refractivity contribution in [1.29, 1.82) is 0 Å². The number of phenolic OH excluding ortho intramolecular Hbond substituents is 1. The molecule has 0 aliphatic carbocycles. The largest absolute Gasteiger partial charge is 0.507 e. The Labute approximate surface area is 612 Å². The van der Waals surface area contributed by atoms with E-state index in [1.54, 1.807) is 91.1 Å². The van der Waals surface area contributed by atoms with Crippen LogP contribution in [0.1, 0.15) is 124 Å². The van der Waals surface area contributed by atoms with Gasteiger partial charge in [0, 0.05) is 148 Å². The number of anilines is 3. The maximum absolute atomic E-state index is 15.1. The van der Waals surface area contributed by atoms with Crippen LogP contribution in [0.5, 0.6) is 11.5 Å². The van der Waals surface area contributed by atoms with Crippen LogP contribution in [0.25, 0.3) is 38.7 Å². The second kappa shape index (κ2) is 34.3. The number of aliphatic hydroxyl groups excluding tert-OH is 4. The van der Waals surface area contributed by atoms with Crippen molar-refractivity contribution in [3.63, 3.8) is 0 Å². The van der Waals surface area contributed by atoms with Crippen molar-refractivity contribution in [2.45, 2.75) is 169 Å². The molecule has 0 saturated carbocycles. The molecule has 11 atom stereocenters. The van der Waals surface area contributed by atoms with E-state index in [4.69, 9.17) is 34.1 Å². The van der Waals surface area contributed by atoms with Crippen molar-refractivity contribution in [2.75, 3.05) is 55.9 Å². The summed E-state index contributed by atoms with van der Waals surface area (Å²) in [5, 5.41) is 68.9. The summed E-state index contributed by atoms with van der Waals surface area (Å²) in [4.78, 5) is 143. The number of carbonyl (C=O) groups excluding carboxylic acids is 8. The van der Waals surface area contributed by atoms with Crippen LogP contribution in [0.3, 0.4) is 0 Å². The van der Waals surface area contributed by atoms with E-state index >= 15 is 4.79 Å². The number of imide groups is 1. The van der Waals surface area contributed by atoms with E-state index in [2.05, 4.69) is 21.3 Å². The highest BCUT2D eigenvalue weighted by atomic mass is 16.7. The minimum atomic E-state index is -2.04. The van der Waals surface area contributed by atoms with Crippen molar-refractivity contribution in [3.05, 3.63) is 121 Å². The molecule has 0 spiro atoms. The molecule has 4 bridgehead atoms. The van der Waals surface area contributed by atoms with Gasteiger partial charge < -0.3 is 85.7 Å². The highest BCUT2D eigenvalue weighted by Gasteiger charge is 2.44. The summed E-state index contributed by atoms with van der Waals surface area (Å²) in [6.07, 6.45) is 7.69. The fourth-order valence-corrected chi connectivity index (χ4v) is 14.0. The van der Waals surface area contributed by atoms with Gasteiger partial charge in [0.15, 0.2) is 28.2 Å². The number of benzene rings is 4. The van der Waals surface area contributed by atoms with E-state index in [0.29, 0.717) is 68.6 Å². The van der Waals surface area contributed by atoms with Gasteiger partial charge in [-0.2, -0.15) is 0 Å². The fraction of sp³-hybridized carbons (Fsp3) is 0.494. The van der Waals surface area contributed by atoms with Crippen LogP contribution in [0.4, 0.5) is 26.7 Å². The average Bonchev–Trinajstić information content (AvgIpc) is 1.48. The number of hydrogen-bond donors (Lipinski definition) is 10. The molecule has 0 radical (unpaired) electrons. The van der Waals surface area contributed by atoms with Crippen LogP contribution in [0, 0.1) is 42.4 Å². The van der Waals surface area contributed by atoms with Gasteiger partial charge in [-0.25, -0.2) is 14.6 Å². The maximum atomic E-state index is 15.1. The zero-order chi connectivity index (χ0) is 77.3. The van der Waals surface area contributed by atoms with Gasteiger partial charge in [-0.3, -0.25) is 43.3 Å².